The second-order valence-corrected chi connectivity index (χ2v) is 9.98. The lowest BCUT2D eigenvalue weighted by Gasteiger charge is -2.42. The Bertz CT molecular complexity index is 823. The number of aliphatic carboxylic acids is 1. The average Bonchev–Trinajstić information content (AvgIpc) is 2.90. The van der Waals surface area contributed by atoms with Gasteiger partial charge in [-0.2, -0.15) is 13.2 Å². The Hall–Kier alpha value is -1.76. The van der Waals surface area contributed by atoms with Crippen LogP contribution in [0, 0.1) is 5.41 Å². The molecule has 3 rings (SSSR count). The fourth-order valence-corrected chi connectivity index (χ4v) is 5.01. The van der Waals surface area contributed by atoms with E-state index in [1.165, 1.54) is 0 Å². The number of carboxylic acids is 1. The standard InChI is InChI=1S/C17H27N3O3S.C2HF3O2/c1-2-24(21,22)20-9-5-7-17(14-20)13-19(10-11-23-15-17)12-16-6-3-4-8-18-16;3-2(4,5)1(6)7/h3-4,6,8H,2,5,7,9-15H2,1H3;(H,6,7). The van der Waals surface area contributed by atoms with E-state index in [0.717, 1.165) is 38.2 Å². The normalized spacial score (nSPS) is 23.6. The van der Waals surface area contributed by atoms with Crippen LogP contribution in [0.4, 0.5) is 13.2 Å². The summed E-state index contributed by atoms with van der Waals surface area (Å²) in [6.07, 6.45) is -1.35. The molecular formula is C19H28F3N3O5S. The Balaban J connectivity index is 0.000000423. The lowest BCUT2D eigenvalue weighted by molar-refractivity contribution is -0.192. The average molecular weight is 468 g/mol. The molecule has 0 aromatic carbocycles. The second-order valence-electron chi connectivity index (χ2n) is 7.72. The SMILES string of the molecule is CCS(=O)(=O)N1CCCC2(COCCN(Cc3ccccn3)C2)C1.O=C(O)C(F)(F)F. The Morgan fingerprint density at radius 1 is 1.29 bits per heavy atom. The van der Waals surface area contributed by atoms with E-state index in [1.807, 2.05) is 24.4 Å². The summed E-state index contributed by atoms with van der Waals surface area (Å²) in [5.41, 5.74) is 0.939. The van der Waals surface area contributed by atoms with Gasteiger partial charge in [-0.25, -0.2) is 17.5 Å². The third-order valence-electron chi connectivity index (χ3n) is 5.26. The van der Waals surface area contributed by atoms with E-state index in [4.69, 9.17) is 14.6 Å². The number of hydrogen-bond acceptors (Lipinski definition) is 6. The van der Waals surface area contributed by atoms with E-state index in [0.29, 0.717) is 26.3 Å². The van der Waals surface area contributed by atoms with Crippen LogP contribution in [0.2, 0.25) is 0 Å². The topological polar surface area (TPSA) is 100 Å². The van der Waals surface area contributed by atoms with Crippen LogP contribution in [0.3, 0.4) is 0 Å². The molecule has 1 aromatic rings. The number of carboxylic acid groups (broad SMARTS) is 1. The van der Waals surface area contributed by atoms with Gasteiger partial charge in [0.2, 0.25) is 10.0 Å². The predicted molar refractivity (Wildman–Crippen MR) is 107 cm³/mol. The molecule has 3 heterocycles. The molecule has 1 aromatic heterocycles. The van der Waals surface area contributed by atoms with Gasteiger partial charge < -0.3 is 9.84 Å². The zero-order chi connectivity index (χ0) is 23.1. The van der Waals surface area contributed by atoms with Crippen molar-refractivity contribution >= 4 is 16.0 Å². The largest absolute Gasteiger partial charge is 0.490 e. The Kier molecular flexibility index (Phi) is 8.81. The van der Waals surface area contributed by atoms with Crippen LogP contribution in [0.1, 0.15) is 25.5 Å². The summed E-state index contributed by atoms with van der Waals surface area (Å²) in [4.78, 5) is 15.7. The van der Waals surface area contributed by atoms with Crippen molar-refractivity contribution in [2.24, 2.45) is 5.41 Å². The summed E-state index contributed by atoms with van der Waals surface area (Å²) in [6.45, 7) is 6.76. The maximum atomic E-state index is 12.3. The molecule has 2 saturated heterocycles. The Morgan fingerprint density at radius 2 is 2.00 bits per heavy atom. The van der Waals surface area contributed by atoms with Crippen molar-refractivity contribution in [3.63, 3.8) is 0 Å². The third-order valence-corrected chi connectivity index (χ3v) is 7.09. The highest BCUT2D eigenvalue weighted by Gasteiger charge is 2.41. The van der Waals surface area contributed by atoms with Crippen molar-refractivity contribution in [3.05, 3.63) is 30.1 Å². The van der Waals surface area contributed by atoms with Crippen molar-refractivity contribution in [2.75, 3.05) is 45.1 Å². The zero-order valence-electron chi connectivity index (χ0n) is 17.3. The van der Waals surface area contributed by atoms with Gasteiger partial charge in [0.1, 0.15) is 0 Å². The molecule has 0 amide bonds. The number of hydrogen-bond donors (Lipinski definition) is 1. The van der Waals surface area contributed by atoms with Crippen molar-refractivity contribution in [3.8, 4) is 0 Å². The molecule has 1 spiro atoms. The molecule has 176 valence electrons. The molecule has 0 radical (unpaired) electrons. The van der Waals surface area contributed by atoms with E-state index in [9.17, 15) is 21.6 Å². The lowest BCUT2D eigenvalue weighted by atomic mass is 9.81. The van der Waals surface area contributed by atoms with Gasteiger partial charge in [-0.05, 0) is 31.9 Å². The molecule has 1 atom stereocenters. The minimum absolute atomic E-state index is 0.105. The fraction of sp³-hybridized carbons (Fsp3) is 0.684. The van der Waals surface area contributed by atoms with Gasteiger partial charge in [0.25, 0.3) is 0 Å². The predicted octanol–water partition coefficient (Wildman–Crippen LogP) is 1.98. The van der Waals surface area contributed by atoms with Crippen LogP contribution in [-0.4, -0.2) is 85.0 Å². The van der Waals surface area contributed by atoms with Crippen LogP contribution in [0.25, 0.3) is 0 Å². The molecule has 2 aliphatic heterocycles. The molecule has 12 heteroatoms. The maximum Gasteiger partial charge on any atom is 0.490 e. The Labute approximate surface area is 180 Å². The van der Waals surface area contributed by atoms with Gasteiger partial charge in [0.05, 0.1) is 24.7 Å². The number of carbonyl (C=O) groups is 1. The summed E-state index contributed by atoms with van der Waals surface area (Å²) in [5, 5.41) is 7.12. The van der Waals surface area contributed by atoms with Gasteiger partial charge in [0.15, 0.2) is 0 Å². The van der Waals surface area contributed by atoms with Crippen LogP contribution < -0.4 is 0 Å². The number of ether oxygens (including phenoxy) is 1. The molecule has 0 bridgehead atoms. The Morgan fingerprint density at radius 3 is 2.58 bits per heavy atom. The van der Waals surface area contributed by atoms with Gasteiger partial charge in [0, 0.05) is 44.3 Å². The van der Waals surface area contributed by atoms with Gasteiger partial charge >= 0.3 is 12.1 Å². The molecule has 0 aliphatic carbocycles. The number of nitrogens with zero attached hydrogens (tertiary/aromatic N) is 3. The smallest absolute Gasteiger partial charge is 0.475 e. The second kappa shape index (κ2) is 10.7. The first-order valence-corrected chi connectivity index (χ1v) is 11.6. The first-order valence-electron chi connectivity index (χ1n) is 9.95. The summed E-state index contributed by atoms with van der Waals surface area (Å²) in [6, 6.07) is 5.96. The fourth-order valence-electron chi connectivity index (χ4n) is 3.77. The minimum atomic E-state index is -5.08. The number of sulfonamides is 1. The van der Waals surface area contributed by atoms with Crippen LogP contribution in [-0.2, 0) is 26.1 Å². The molecule has 1 unspecified atom stereocenters. The van der Waals surface area contributed by atoms with Gasteiger partial charge in [-0.1, -0.05) is 6.07 Å². The molecule has 0 saturated carbocycles. The van der Waals surface area contributed by atoms with Crippen molar-refractivity contribution in [1.82, 2.24) is 14.2 Å². The molecule has 1 N–H and O–H groups in total. The minimum Gasteiger partial charge on any atom is -0.475 e. The van der Waals surface area contributed by atoms with Crippen molar-refractivity contribution in [1.29, 1.82) is 0 Å². The number of aromatic nitrogens is 1. The first-order chi connectivity index (χ1) is 14.5. The number of halogens is 3. The molecule has 31 heavy (non-hydrogen) atoms. The maximum absolute atomic E-state index is 12.3. The highest BCUT2D eigenvalue weighted by atomic mass is 32.2. The highest BCUT2D eigenvalue weighted by molar-refractivity contribution is 7.89. The van der Waals surface area contributed by atoms with E-state index < -0.39 is 22.2 Å². The van der Waals surface area contributed by atoms with Gasteiger partial charge in [-0.3, -0.25) is 9.88 Å². The third kappa shape index (κ3) is 7.70. The summed E-state index contributed by atoms with van der Waals surface area (Å²) in [5.74, 6) is -2.59. The zero-order valence-corrected chi connectivity index (χ0v) is 18.2. The van der Waals surface area contributed by atoms with E-state index in [2.05, 4.69) is 9.88 Å². The summed E-state index contributed by atoms with van der Waals surface area (Å²) in [7, 11) is -3.14. The quantitative estimate of drug-likeness (QED) is 0.723. The van der Waals surface area contributed by atoms with E-state index in [1.54, 1.807) is 11.2 Å². The number of pyridine rings is 1. The molecule has 8 nitrogen and oxygen atoms in total. The lowest BCUT2D eigenvalue weighted by Crippen LogP contribution is -2.52. The number of piperidine rings is 1. The van der Waals surface area contributed by atoms with Gasteiger partial charge in [-0.15, -0.1) is 0 Å². The number of rotatable bonds is 4. The molecular weight excluding hydrogens is 439 g/mol. The van der Waals surface area contributed by atoms with E-state index in [-0.39, 0.29) is 11.2 Å². The monoisotopic (exact) mass is 467 g/mol. The van der Waals surface area contributed by atoms with Crippen LogP contribution in [0.5, 0.6) is 0 Å². The highest BCUT2D eigenvalue weighted by Crippen LogP contribution is 2.34. The van der Waals surface area contributed by atoms with Crippen molar-refractivity contribution < 1.29 is 36.2 Å². The number of alkyl halides is 3. The molecule has 2 aliphatic rings. The van der Waals surface area contributed by atoms with Crippen LogP contribution in [0.15, 0.2) is 24.4 Å². The summed E-state index contributed by atoms with van der Waals surface area (Å²) >= 11 is 0. The summed E-state index contributed by atoms with van der Waals surface area (Å²) < 4.78 is 63.9. The first kappa shape index (κ1) is 25.5. The van der Waals surface area contributed by atoms with E-state index >= 15 is 0 Å². The van der Waals surface area contributed by atoms with Crippen LogP contribution >= 0.6 is 0 Å². The molecule has 2 fully saturated rings. The van der Waals surface area contributed by atoms with Crippen molar-refractivity contribution in [2.45, 2.75) is 32.5 Å².